The quantitative estimate of drug-likeness (QED) is 0.879. The Kier molecular flexibility index (Phi) is 3.36. The highest BCUT2D eigenvalue weighted by atomic mass is 32.1. The van der Waals surface area contributed by atoms with Gasteiger partial charge in [-0.3, -0.25) is 4.98 Å². The summed E-state index contributed by atoms with van der Waals surface area (Å²) in [7, 11) is 2.00. The molecule has 84 valence electrons. The Balaban J connectivity index is 2.40. The van der Waals surface area contributed by atoms with Gasteiger partial charge in [-0.25, -0.2) is 0 Å². The van der Waals surface area contributed by atoms with Gasteiger partial charge in [0.1, 0.15) is 0 Å². The van der Waals surface area contributed by atoms with Gasteiger partial charge >= 0.3 is 0 Å². The molecule has 0 aliphatic rings. The summed E-state index contributed by atoms with van der Waals surface area (Å²) in [5.41, 5.74) is 3.69. The molecule has 0 spiro atoms. The molecule has 0 amide bonds. The first-order chi connectivity index (χ1) is 7.72. The van der Waals surface area contributed by atoms with Crippen LogP contribution in [0.25, 0.3) is 0 Å². The van der Waals surface area contributed by atoms with Crippen LogP contribution >= 0.6 is 11.3 Å². The third-order valence-electron chi connectivity index (χ3n) is 2.75. The fraction of sp³-hybridized carbons (Fsp3) is 0.308. The summed E-state index contributed by atoms with van der Waals surface area (Å²) in [4.78, 5) is 5.60. The number of rotatable bonds is 3. The maximum Gasteiger partial charge on any atom is 0.0586 e. The zero-order valence-corrected chi connectivity index (χ0v) is 10.6. The molecule has 3 heteroatoms. The third-order valence-corrected chi connectivity index (χ3v) is 3.61. The van der Waals surface area contributed by atoms with Crippen LogP contribution in [0.3, 0.4) is 0 Å². The molecular formula is C13H16N2S. The van der Waals surface area contributed by atoms with Crippen LogP contribution < -0.4 is 5.32 Å². The monoisotopic (exact) mass is 232 g/mol. The van der Waals surface area contributed by atoms with Crippen molar-refractivity contribution in [2.24, 2.45) is 0 Å². The maximum absolute atomic E-state index is 4.24. The van der Waals surface area contributed by atoms with E-state index in [2.05, 4.69) is 40.8 Å². The topological polar surface area (TPSA) is 24.9 Å². The smallest absolute Gasteiger partial charge is 0.0586 e. The van der Waals surface area contributed by atoms with Crippen LogP contribution in [0.15, 0.2) is 29.8 Å². The van der Waals surface area contributed by atoms with Crippen molar-refractivity contribution in [2.75, 3.05) is 7.05 Å². The molecule has 0 aliphatic heterocycles. The second-order valence-electron chi connectivity index (χ2n) is 3.88. The molecule has 0 aliphatic carbocycles. The molecule has 0 radical (unpaired) electrons. The van der Waals surface area contributed by atoms with E-state index in [-0.39, 0.29) is 6.04 Å². The largest absolute Gasteiger partial charge is 0.309 e. The van der Waals surface area contributed by atoms with Crippen molar-refractivity contribution in [3.05, 3.63) is 51.5 Å². The van der Waals surface area contributed by atoms with Crippen LogP contribution in [-0.4, -0.2) is 12.0 Å². The highest BCUT2D eigenvalue weighted by molar-refractivity contribution is 7.10. The van der Waals surface area contributed by atoms with Crippen molar-refractivity contribution in [3.8, 4) is 0 Å². The van der Waals surface area contributed by atoms with E-state index in [1.807, 2.05) is 20.2 Å². The first-order valence-electron chi connectivity index (χ1n) is 5.36. The van der Waals surface area contributed by atoms with E-state index in [0.717, 1.165) is 5.69 Å². The highest BCUT2D eigenvalue weighted by Crippen LogP contribution is 2.27. The van der Waals surface area contributed by atoms with E-state index >= 15 is 0 Å². The van der Waals surface area contributed by atoms with Gasteiger partial charge in [-0.1, -0.05) is 0 Å². The Morgan fingerprint density at radius 2 is 2.12 bits per heavy atom. The molecule has 1 unspecified atom stereocenters. The van der Waals surface area contributed by atoms with E-state index in [1.165, 1.54) is 16.0 Å². The van der Waals surface area contributed by atoms with Crippen molar-refractivity contribution >= 4 is 11.3 Å². The standard InChI is InChI=1S/C13H16N2S/c1-9-8-11(4-6-15-9)13(14-3)12-5-7-16-10(12)2/h4-8,13-14H,1-3H3. The van der Waals surface area contributed by atoms with Crippen LogP contribution in [0.1, 0.15) is 27.7 Å². The maximum atomic E-state index is 4.24. The number of aromatic nitrogens is 1. The van der Waals surface area contributed by atoms with E-state index in [1.54, 1.807) is 11.3 Å². The Bertz CT molecular complexity index is 476. The minimum atomic E-state index is 0.271. The molecule has 2 heterocycles. The molecule has 2 aromatic heterocycles. The van der Waals surface area contributed by atoms with Gasteiger partial charge in [0.2, 0.25) is 0 Å². The molecular weight excluding hydrogens is 216 g/mol. The van der Waals surface area contributed by atoms with Gasteiger partial charge in [0.15, 0.2) is 0 Å². The lowest BCUT2D eigenvalue weighted by Crippen LogP contribution is -2.18. The average molecular weight is 232 g/mol. The number of pyridine rings is 1. The minimum absolute atomic E-state index is 0.271. The molecule has 1 atom stereocenters. The predicted molar refractivity (Wildman–Crippen MR) is 68.9 cm³/mol. The SMILES string of the molecule is CNC(c1ccnc(C)c1)c1ccsc1C. The third kappa shape index (κ3) is 2.15. The molecule has 2 rings (SSSR count). The summed E-state index contributed by atoms with van der Waals surface area (Å²) >= 11 is 1.79. The summed E-state index contributed by atoms with van der Waals surface area (Å²) < 4.78 is 0. The van der Waals surface area contributed by atoms with E-state index in [9.17, 15) is 0 Å². The van der Waals surface area contributed by atoms with E-state index < -0.39 is 0 Å². The van der Waals surface area contributed by atoms with Gasteiger partial charge in [-0.05, 0) is 55.6 Å². The minimum Gasteiger partial charge on any atom is -0.309 e. The van der Waals surface area contributed by atoms with E-state index in [4.69, 9.17) is 0 Å². The average Bonchev–Trinajstić information content (AvgIpc) is 2.67. The lowest BCUT2D eigenvalue weighted by atomic mass is 10.00. The fourth-order valence-electron chi connectivity index (χ4n) is 1.94. The second-order valence-corrected chi connectivity index (χ2v) is 5.00. The summed E-state index contributed by atoms with van der Waals surface area (Å²) in [5.74, 6) is 0. The molecule has 1 N–H and O–H groups in total. The van der Waals surface area contributed by atoms with Crippen molar-refractivity contribution in [1.82, 2.24) is 10.3 Å². The van der Waals surface area contributed by atoms with Crippen molar-refractivity contribution in [3.63, 3.8) is 0 Å². The van der Waals surface area contributed by atoms with Gasteiger partial charge < -0.3 is 5.32 Å². The summed E-state index contributed by atoms with van der Waals surface area (Å²) in [6.07, 6.45) is 1.87. The Hall–Kier alpha value is -1.19. The van der Waals surface area contributed by atoms with Gasteiger partial charge in [0, 0.05) is 16.8 Å². The first kappa shape index (κ1) is 11.3. The Labute approximate surface area is 100 Å². The number of nitrogens with zero attached hydrogens (tertiary/aromatic N) is 1. The Morgan fingerprint density at radius 1 is 1.31 bits per heavy atom. The number of thiophene rings is 1. The molecule has 2 aromatic rings. The summed E-state index contributed by atoms with van der Waals surface area (Å²) in [5, 5.41) is 5.51. The number of hydrogen-bond donors (Lipinski definition) is 1. The van der Waals surface area contributed by atoms with Crippen LogP contribution in [0, 0.1) is 13.8 Å². The highest BCUT2D eigenvalue weighted by Gasteiger charge is 2.14. The lowest BCUT2D eigenvalue weighted by Gasteiger charge is -2.17. The zero-order valence-electron chi connectivity index (χ0n) is 9.82. The van der Waals surface area contributed by atoms with Crippen LogP contribution in [-0.2, 0) is 0 Å². The summed E-state index contributed by atoms with van der Waals surface area (Å²) in [6.45, 7) is 4.19. The van der Waals surface area contributed by atoms with Crippen LogP contribution in [0.5, 0.6) is 0 Å². The molecule has 16 heavy (non-hydrogen) atoms. The normalized spacial score (nSPS) is 12.7. The number of hydrogen-bond acceptors (Lipinski definition) is 3. The van der Waals surface area contributed by atoms with Gasteiger partial charge in [-0.2, -0.15) is 0 Å². The predicted octanol–water partition coefficient (Wildman–Crippen LogP) is 3.07. The Morgan fingerprint density at radius 3 is 2.69 bits per heavy atom. The van der Waals surface area contributed by atoms with E-state index in [0.29, 0.717) is 0 Å². The molecule has 0 aromatic carbocycles. The lowest BCUT2D eigenvalue weighted by molar-refractivity contribution is 0.689. The van der Waals surface area contributed by atoms with Crippen molar-refractivity contribution in [1.29, 1.82) is 0 Å². The summed E-state index contributed by atoms with van der Waals surface area (Å²) in [6, 6.07) is 6.67. The molecule has 0 bridgehead atoms. The molecule has 2 nitrogen and oxygen atoms in total. The fourth-order valence-corrected chi connectivity index (χ4v) is 2.68. The van der Waals surface area contributed by atoms with Gasteiger partial charge in [0.05, 0.1) is 6.04 Å². The molecule has 0 fully saturated rings. The zero-order chi connectivity index (χ0) is 11.5. The van der Waals surface area contributed by atoms with Gasteiger partial charge in [0.25, 0.3) is 0 Å². The van der Waals surface area contributed by atoms with Gasteiger partial charge in [-0.15, -0.1) is 11.3 Å². The molecule has 0 saturated heterocycles. The number of nitrogens with one attached hydrogen (secondary N) is 1. The van der Waals surface area contributed by atoms with Crippen LogP contribution in [0.4, 0.5) is 0 Å². The van der Waals surface area contributed by atoms with Crippen molar-refractivity contribution < 1.29 is 0 Å². The van der Waals surface area contributed by atoms with Crippen molar-refractivity contribution in [2.45, 2.75) is 19.9 Å². The second kappa shape index (κ2) is 4.76. The van der Waals surface area contributed by atoms with Crippen LogP contribution in [0.2, 0.25) is 0 Å². The molecule has 0 saturated carbocycles. The number of aryl methyl sites for hydroxylation is 2. The first-order valence-corrected chi connectivity index (χ1v) is 6.24.